The fourth-order valence-electron chi connectivity index (χ4n) is 3.59. The molecule has 2 aliphatic rings. The van der Waals surface area contributed by atoms with E-state index < -0.39 is 0 Å². The van der Waals surface area contributed by atoms with Crippen molar-refractivity contribution in [2.45, 2.75) is 13.0 Å². The van der Waals surface area contributed by atoms with Crippen molar-refractivity contribution in [3.05, 3.63) is 28.5 Å². The lowest BCUT2D eigenvalue weighted by Gasteiger charge is -2.20. The van der Waals surface area contributed by atoms with Crippen LogP contribution < -0.4 is 15.0 Å². The first-order chi connectivity index (χ1) is 12.6. The molecule has 2 aliphatic heterocycles. The van der Waals surface area contributed by atoms with Gasteiger partial charge in [0.25, 0.3) is 5.91 Å². The average molecular weight is 375 g/mol. The van der Waals surface area contributed by atoms with E-state index in [2.05, 4.69) is 25.2 Å². The molecule has 0 aliphatic carbocycles. The number of amides is 1. The van der Waals surface area contributed by atoms with Crippen LogP contribution in [0.25, 0.3) is 0 Å². The lowest BCUT2D eigenvalue weighted by molar-refractivity contribution is 0.0935. The van der Waals surface area contributed by atoms with Gasteiger partial charge in [-0.25, -0.2) is 15.0 Å². The Hall–Kier alpha value is -2.26. The van der Waals surface area contributed by atoms with Crippen LogP contribution in [-0.4, -0.2) is 60.3 Å². The van der Waals surface area contributed by atoms with Crippen molar-refractivity contribution in [3.63, 3.8) is 0 Å². The van der Waals surface area contributed by atoms with Crippen LogP contribution in [0.4, 0.5) is 5.82 Å². The molecule has 138 valence electrons. The molecule has 9 heteroatoms. The van der Waals surface area contributed by atoms with E-state index in [1.54, 1.807) is 12.5 Å². The maximum atomic E-state index is 12.2. The zero-order valence-corrected chi connectivity index (χ0v) is 15.5. The number of fused-ring (bicyclic) bond motifs is 1. The number of thiazole rings is 1. The largest absolute Gasteiger partial charge is 0.481 e. The standard InChI is InChI=1S/C17H21N5O3S/c1-10-21-13(8-26-10)17(23)18-4-11-7-25-14-6-22(5-12(11)14)15-3-16(24-2)20-9-19-15/h3,8-9,11-12,14H,4-7H2,1-2H3,(H,18,23)/t11-,12-,14-/m1/s1. The third-order valence-corrected chi connectivity index (χ3v) is 5.75. The summed E-state index contributed by atoms with van der Waals surface area (Å²) in [6.07, 6.45) is 1.68. The van der Waals surface area contributed by atoms with Gasteiger partial charge in [-0.3, -0.25) is 4.79 Å². The fraction of sp³-hybridized carbons (Fsp3) is 0.529. The van der Waals surface area contributed by atoms with Crippen molar-refractivity contribution in [2.24, 2.45) is 11.8 Å². The molecule has 0 spiro atoms. The van der Waals surface area contributed by atoms with Crippen LogP contribution >= 0.6 is 11.3 Å². The number of nitrogens with one attached hydrogen (secondary N) is 1. The molecule has 0 radical (unpaired) electrons. The average Bonchev–Trinajstić information content (AvgIpc) is 3.35. The second kappa shape index (κ2) is 7.16. The summed E-state index contributed by atoms with van der Waals surface area (Å²) < 4.78 is 11.1. The number of carbonyl (C=O) groups is 1. The van der Waals surface area contributed by atoms with Gasteiger partial charge in [0.05, 0.1) is 24.8 Å². The summed E-state index contributed by atoms with van der Waals surface area (Å²) in [4.78, 5) is 27.0. The highest BCUT2D eigenvalue weighted by Gasteiger charge is 2.44. The predicted octanol–water partition coefficient (Wildman–Crippen LogP) is 1.13. The van der Waals surface area contributed by atoms with Gasteiger partial charge in [0, 0.05) is 42.9 Å². The predicted molar refractivity (Wildman–Crippen MR) is 96.7 cm³/mol. The molecule has 2 aromatic heterocycles. The molecule has 4 rings (SSSR count). The van der Waals surface area contributed by atoms with E-state index in [4.69, 9.17) is 9.47 Å². The number of carbonyl (C=O) groups excluding carboxylic acids is 1. The zero-order chi connectivity index (χ0) is 18.1. The molecule has 3 atom stereocenters. The number of ether oxygens (including phenoxy) is 2. The molecule has 0 saturated carbocycles. The van der Waals surface area contributed by atoms with Crippen molar-refractivity contribution < 1.29 is 14.3 Å². The summed E-state index contributed by atoms with van der Waals surface area (Å²) in [5.41, 5.74) is 0.490. The molecule has 0 aromatic carbocycles. The maximum absolute atomic E-state index is 12.2. The summed E-state index contributed by atoms with van der Waals surface area (Å²) in [5.74, 6) is 1.94. The van der Waals surface area contributed by atoms with Gasteiger partial charge in [0.15, 0.2) is 0 Å². The minimum Gasteiger partial charge on any atom is -0.481 e. The lowest BCUT2D eigenvalue weighted by Crippen LogP contribution is -2.34. The molecule has 26 heavy (non-hydrogen) atoms. The van der Waals surface area contributed by atoms with Gasteiger partial charge in [0.2, 0.25) is 5.88 Å². The molecule has 0 bridgehead atoms. The number of hydrogen-bond donors (Lipinski definition) is 1. The highest BCUT2D eigenvalue weighted by atomic mass is 32.1. The number of aromatic nitrogens is 3. The second-order valence-electron chi connectivity index (χ2n) is 6.58. The summed E-state index contributed by atoms with van der Waals surface area (Å²) in [7, 11) is 1.59. The first kappa shape index (κ1) is 17.2. The monoisotopic (exact) mass is 375 g/mol. The molecule has 0 unspecified atom stereocenters. The molecular formula is C17H21N5O3S. The highest BCUT2D eigenvalue weighted by Crippen LogP contribution is 2.35. The van der Waals surface area contributed by atoms with Gasteiger partial charge in [0.1, 0.15) is 17.8 Å². The van der Waals surface area contributed by atoms with Crippen LogP contribution in [0.3, 0.4) is 0 Å². The highest BCUT2D eigenvalue weighted by molar-refractivity contribution is 7.09. The molecule has 2 saturated heterocycles. The molecule has 4 heterocycles. The Morgan fingerprint density at radius 1 is 1.46 bits per heavy atom. The molecule has 2 fully saturated rings. The Morgan fingerprint density at radius 3 is 3.12 bits per heavy atom. The van der Waals surface area contributed by atoms with Crippen LogP contribution in [0.2, 0.25) is 0 Å². The number of methoxy groups -OCH3 is 1. The first-order valence-corrected chi connectivity index (χ1v) is 9.45. The SMILES string of the molecule is COc1cc(N2C[C@@H]3[C@H](CNC(=O)c4csc(C)n4)CO[C@@H]3C2)ncn1. The summed E-state index contributed by atoms with van der Waals surface area (Å²) in [6.45, 7) is 4.80. The quantitative estimate of drug-likeness (QED) is 0.838. The number of nitrogens with zero attached hydrogens (tertiary/aromatic N) is 4. The lowest BCUT2D eigenvalue weighted by atomic mass is 9.93. The number of aryl methyl sites for hydroxylation is 1. The Kier molecular flexibility index (Phi) is 4.73. The zero-order valence-electron chi connectivity index (χ0n) is 14.7. The molecule has 1 N–H and O–H groups in total. The van der Waals surface area contributed by atoms with Crippen LogP contribution in [0, 0.1) is 18.8 Å². The topological polar surface area (TPSA) is 89.5 Å². The van der Waals surface area contributed by atoms with Gasteiger partial charge < -0.3 is 19.7 Å². The van der Waals surface area contributed by atoms with E-state index in [0.717, 1.165) is 23.9 Å². The van der Waals surface area contributed by atoms with E-state index in [1.807, 2.05) is 13.0 Å². The third-order valence-electron chi connectivity index (χ3n) is 4.98. The number of rotatable bonds is 5. The van der Waals surface area contributed by atoms with Gasteiger partial charge in [-0.1, -0.05) is 0 Å². The van der Waals surface area contributed by atoms with Gasteiger partial charge in [-0.15, -0.1) is 11.3 Å². The number of anilines is 1. The second-order valence-corrected chi connectivity index (χ2v) is 7.64. The summed E-state index contributed by atoms with van der Waals surface area (Å²) in [5, 5.41) is 5.69. The van der Waals surface area contributed by atoms with E-state index in [-0.39, 0.29) is 17.9 Å². The van der Waals surface area contributed by atoms with Crippen LogP contribution in [0.15, 0.2) is 17.8 Å². The van der Waals surface area contributed by atoms with E-state index in [0.29, 0.717) is 30.6 Å². The Bertz CT molecular complexity index is 798. The summed E-state index contributed by atoms with van der Waals surface area (Å²) >= 11 is 1.48. The van der Waals surface area contributed by atoms with E-state index in [1.165, 1.54) is 17.7 Å². The van der Waals surface area contributed by atoms with Crippen molar-refractivity contribution in [3.8, 4) is 5.88 Å². The molecule has 2 aromatic rings. The first-order valence-electron chi connectivity index (χ1n) is 8.57. The van der Waals surface area contributed by atoms with Gasteiger partial charge in [-0.05, 0) is 6.92 Å². The third kappa shape index (κ3) is 3.36. The molecule has 1 amide bonds. The Labute approximate surface area is 155 Å². The van der Waals surface area contributed by atoms with Crippen molar-refractivity contribution in [1.82, 2.24) is 20.3 Å². The Balaban J connectivity index is 1.36. The van der Waals surface area contributed by atoms with Gasteiger partial charge >= 0.3 is 0 Å². The van der Waals surface area contributed by atoms with Gasteiger partial charge in [-0.2, -0.15) is 0 Å². The van der Waals surface area contributed by atoms with Crippen LogP contribution in [0.1, 0.15) is 15.5 Å². The molecule has 8 nitrogen and oxygen atoms in total. The van der Waals surface area contributed by atoms with Crippen LogP contribution in [0.5, 0.6) is 5.88 Å². The number of hydrogen-bond acceptors (Lipinski definition) is 8. The van der Waals surface area contributed by atoms with Crippen molar-refractivity contribution in [2.75, 3.05) is 38.3 Å². The van der Waals surface area contributed by atoms with Crippen LogP contribution in [-0.2, 0) is 4.74 Å². The normalized spacial score (nSPS) is 24.5. The van der Waals surface area contributed by atoms with Crippen molar-refractivity contribution in [1.29, 1.82) is 0 Å². The molecular weight excluding hydrogens is 354 g/mol. The van der Waals surface area contributed by atoms with E-state index in [9.17, 15) is 4.79 Å². The van der Waals surface area contributed by atoms with Crippen molar-refractivity contribution >= 4 is 23.1 Å². The minimum absolute atomic E-state index is 0.117. The van der Waals surface area contributed by atoms with E-state index >= 15 is 0 Å². The smallest absolute Gasteiger partial charge is 0.270 e. The fourth-order valence-corrected chi connectivity index (χ4v) is 4.19. The summed E-state index contributed by atoms with van der Waals surface area (Å²) in [6, 6.07) is 1.84. The maximum Gasteiger partial charge on any atom is 0.270 e. The minimum atomic E-state index is -0.117. The Morgan fingerprint density at radius 2 is 2.35 bits per heavy atom.